The molecule has 43 heavy (non-hydrogen) atoms. The Balaban J connectivity index is 1.51. The first-order valence-electron chi connectivity index (χ1n) is 13.2. The molecule has 234 valence electrons. The lowest BCUT2D eigenvalue weighted by Crippen LogP contribution is -2.63. The molecule has 0 amide bonds. The van der Waals surface area contributed by atoms with E-state index in [1.807, 2.05) is 0 Å². The summed E-state index contributed by atoms with van der Waals surface area (Å²) < 4.78 is 38.8. The number of rotatable bonds is 8. The Labute approximate surface area is 243 Å². The molecule has 2 aliphatic heterocycles. The lowest BCUT2D eigenvalue weighted by atomic mass is 9.98. The van der Waals surface area contributed by atoms with Crippen molar-refractivity contribution in [2.24, 2.45) is 0 Å². The van der Waals surface area contributed by atoms with Gasteiger partial charge < -0.3 is 68.6 Å². The first-order chi connectivity index (χ1) is 20.6. The number of phenolic OH excluding ortho intramolecular Hbond substituents is 1. The Morgan fingerprint density at radius 2 is 1.63 bits per heavy atom. The Hall–Kier alpha value is -3.51. The maximum Gasteiger partial charge on any atom is 0.230 e. The molecule has 1 aromatic heterocycles. The van der Waals surface area contributed by atoms with Gasteiger partial charge in [-0.3, -0.25) is 4.79 Å². The molecule has 2 aromatic carbocycles. The zero-order chi connectivity index (χ0) is 31.0. The Kier molecular flexibility index (Phi) is 9.07. The highest BCUT2D eigenvalue weighted by atomic mass is 16.8. The number of hydrogen-bond donors (Lipinski definition) is 7. The third-order valence-electron chi connectivity index (χ3n) is 7.31. The zero-order valence-corrected chi connectivity index (χ0v) is 23.0. The van der Waals surface area contributed by atoms with Crippen LogP contribution in [0.5, 0.6) is 23.0 Å². The number of benzene rings is 2. The van der Waals surface area contributed by atoms with Crippen molar-refractivity contribution in [3.63, 3.8) is 0 Å². The number of hydrogen-bond acceptors (Lipinski definition) is 15. The van der Waals surface area contributed by atoms with Gasteiger partial charge in [-0.1, -0.05) is 0 Å². The van der Waals surface area contributed by atoms with Crippen molar-refractivity contribution in [2.45, 2.75) is 55.3 Å². The Morgan fingerprint density at radius 3 is 2.28 bits per heavy atom. The van der Waals surface area contributed by atoms with Gasteiger partial charge in [0.25, 0.3) is 0 Å². The van der Waals surface area contributed by atoms with Gasteiger partial charge in [0.05, 0.1) is 27.4 Å². The Morgan fingerprint density at radius 1 is 0.907 bits per heavy atom. The van der Waals surface area contributed by atoms with Gasteiger partial charge in [-0.05, 0) is 24.3 Å². The fraction of sp³-hybridized carbons (Fsp3) is 0.464. The molecule has 2 aliphatic rings. The predicted molar refractivity (Wildman–Crippen MR) is 144 cm³/mol. The molecular weight excluding hydrogens is 576 g/mol. The molecule has 0 radical (unpaired) electrons. The largest absolute Gasteiger partial charge is 0.504 e. The first kappa shape index (κ1) is 30.9. The van der Waals surface area contributed by atoms with Gasteiger partial charge in [-0.25, -0.2) is 0 Å². The summed E-state index contributed by atoms with van der Waals surface area (Å²) in [5.41, 5.74) is -0.127. The zero-order valence-electron chi connectivity index (χ0n) is 23.0. The van der Waals surface area contributed by atoms with Crippen LogP contribution >= 0.6 is 0 Å². The minimum atomic E-state index is -1.80. The van der Waals surface area contributed by atoms with Gasteiger partial charge in [0.2, 0.25) is 12.0 Å². The van der Waals surface area contributed by atoms with E-state index in [1.54, 1.807) is 24.3 Å². The Bertz CT molecular complexity index is 1470. The minimum absolute atomic E-state index is 0.0488. The predicted octanol–water partition coefficient (Wildman–Crippen LogP) is -1.18. The van der Waals surface area contributed by atoms with Crippen LogP contribution in [0.25, 0.3) is 22.3 Å². The summed E-state index contributed by atoms with van der Waals surface area (Å²) in [5, 5.41) is 72.0. The van der Waals surface area contributed by atoms with Crippen molar-refractivity contribution in [3.05, 3.63) is 46.6 Å². The molecule has 9 atom stereocenters. The second kappa shape index (κ2) is 12.6. The molecule has 0 spiro atoms. The van der Waals surface area contributed by atoms with E-state index in [0.29, 0.717) is 11.3 Å². The molecule has 3 aromatic rings. The van der Waals surface area contributed by atoms with Crippen molar-refractivity contribution < 1.29 is 68.6 Å². The van der Waals surface area contributed by atoms with Crippen LogP contribution in [0.2, 0.25) is 0 Å². The summed E-state index contributed by atoms with van der Waals surface area (Å²) in [4.78, 5) is 13.2. The molecule has 7 N–H and O–H groups in total. The van der Waals surface area contributed by atoms with E-state index in [-0.39, 0.29) is 22.5 Å². The lowest BCUT2D eigenvalue weighted by molar-refractivity contribution is -0.345. The van der Waals surface area contributed by atoms with Crippen LogP contribution in [0.15, 0.2) is 45.6 Å². The highest BCUT2D eigenvalue weighted by Crippen LogP contribution is 2.44. The van der Waals surface area contributed by atoms with E-state index in [1.165, 1.54) is 26.4 Å². The van der Waals surface area contributed by atoms with Gasteiger partial charge in [0, 0.05) is 17.7 Å². The van der Waals surface area contributed by atoms with Crippen LogP contribution in [0.4, 0.5) is 0 Å². The van der Waals surface area contributed by atoms with Crippen LogP contribution in [-0.2, 0) is 14.2 Å². The number of aliphatic hydroxyl groups excluding tert-OH is 6. The van der Waals surface area contributed by atoms with Crippen LogP contribution in [0.1, 0.15) is 0 Å². The molecule has 0 bridgehead atoms. The van der Waals surface area contributed by atoms with E-state index in [2.05, 4.69) is 0 Å². The molecule has 2 fully saturated rings. The fourth-order valence-electron chi connectivity index (χ4n) is 4.89. The SMILES string of the molecule is COc1ccc(-c2cc(=O)c3c(O)c(O[C@@H]4O[C@@H](CO)[C@@H](O)[C@H](O)[C@H]4O[C@@H]4OC[C@@H](O)[C@H](O)[C@@H]4O)c(OC)cc3o2)cc1. The molecule has 0 saturated carbocycles. The topological polar surface area (TPSA) is 227 Å². The fourth-order valence-corrected chi connectivity index (χ4v) is 4.89. The smallest absolute Gasteiger partial charge is 0.230 e. The lowest BCUT2D eigenvalue weighted by Gasteiger charge is -2.44. The number of phenols is 1. The van der Waals surface area contributed by atoms with Gasteiger partial charge >= 0.3 is 0 Å². The maximum absolute atomic E-state index is 13.2. The van der Waals surface area contributed by atoms with Crippen LogP contribution in [-0.4, -0.2) is 118 Å². The van der Waals surface area contributed by atoms with Crippen molar-refractivity contribution >= 4 is 11.0 Å². The van der Waals surface area contributed by atoms with E-state index < -0.39 is 85.4 Å². The number of ether oxygens (including phenoxy) is 6. The van der Waals surface area contributed by atoms with E-state index >= 15 is 0 Å². The van der Waals surface area contributed by atoms with E-state index in [4.69, 9.17) is 32.8 Å². The number of methoxy groups -OCH3 is 2. The molecule has 0 aliphatic carbocycles. The minimum Gasteiger partial charge on any atom is -0.504 e. The average Bonchev–Trinajstić information content (AvgIpc) is 3.01. The molecule has 3 heterocycles. The van der Waals surface area contributed by atoms with Gasteiger partial charge in [-0.2, -0.15) is 0 Å². The summed E-state index contributed by atoms with van der Waals surface area (Å²) in [7, 11) is 2.77. The van der Waals surface area contributed by atoms with Gasteiger partial charge in [0.1, 0.15) is 59.1 Å². The first-order valence-corrected chi connectivity index (χ1v) is 13.2. The number of aromatic hydroxyl groups is 1. The van der Waals surface area contributed by atoms with Gasteiger partial charge in [0.15, 0.2) is 29.3 Å². The molecule has 15 heteroatoms. The highest BCUT2D eigenvalue weighted by molar-refractivity contribution is 5.89. The van der Waals surface area contributed by atoms with Crippen molar-refractivity contribution in [3.8, 4) is 34.3 Å². The van der Waals surface area contributed by atoms with Crippen LogP contribution < -0.4 is 19.6 Å². The van der Waals surface area contributed by atoms with Crippen molar-refractivity contribution in [1.29, 1.82) is 0 Å². The standard InChI is InChI=1S/C28H32O15/c1-37-12-5-3-11(4-6-12)15-7-13(30)19-16(40-15)8-17(38-2)25(22(19)34)42-28-26(23(35)21(33)18(9-29)41-28)43-27-24(36)20(32)14(31)10-39-27/h3-8,14,18,20-21,23-24,26-29,31-36H,9-10H2,1-2H3/t14-,18+,20+,21-,23+,24+,26-,27+,28+/m1/s1. The van der Waals surface area contributed by atoms with Gasteiger partial charge in [-0.15, -0.1) is 0 Å². The van der Waals surface area contributed by atoms with Crippen molar-refractivity contribution in [2.75, 3.05) is 27.4 Å². The normalized spacial score (nSPS) is 31.1. The summed E-state index contributed by atoms with van der Waals surface area (Å²) in [6.45, 7) is -1.18. The number of fused-ring (bicyclic) bond motifs is 1. The summed E-state index contributed by atoms with van der Waals surface area (Å²) in [6, 6.07) is 9.19. The summed E-state index contributed by atoms with van der Waals surface area (Å²) >= 11 is 0. The van der Waals surface area contributed by atoms with Crippen molar-refractivity contribution in [1.82, 2.24) is 0 Å². The maximum atomic E-state index is 13.2. The van der Waals surface area contributed by atoms with Crippen LogP contribution in [0, 0.1) is 0 Å². The molecule has 2 saturated heterocycles. The molecule has 0 unspecified atom stereocenters. The number of aliphatic hydroxyl groups is 6. The quantitative estimate of drug-likeness (QED) is 0.160. The average molecular weight is 609 g/mol. The van der Waals surface area contributed by atoms with E-state index in [0.717, 1.165) is 0 Å². The molecular formula is C28H32O15. The summed E-state index contributed by atoms with van der Waals surface area (Å²) in [5.74, 6) is -0.476. The monoisotopic (exact) mass is 608 g/mol. The second-order valence-electron chi connectivity index (χ2n) is 10.0. The third kappa shape index (κ3) is 5.86. The summed E-state index contributed by atoms with van der Waals surface area (Å²) in [6.07, 6.45) is -14.7. The third-order valence-corrected chi connectivity index (χ3v) is 7.31. The highest BCUT2D eigenvalue weighted by Gasteiger charge is 2.50. The molecule has 5 rings (SSSR count). The van der Waals surface area contributed by atoms with E-state index in [9.17, 15) is 40.5 Å². The molecule has 15 nitrogen and oxygen atoms in total. The second-order valence-corrected chi connectivity index (χ2v) is 10.0. The van der Waals surface area contributed by atoms with Crippen LogP contribution in [0.3, 0.4) is 0 Å².